The maximum absolute atomic E-state index is 5.90. The molecule has 1 heterocycles. The SMILES string of the molecule is CCCC(CN)N1CCN(c2cccc(C)c2)CC1. The lowest BCUT2D eigenvalue weighted by Crippen LogP contribution is -2.52. The van der Waals surface area contributed by atoms with Crippen molar-refractivity contribution in [3.05, 3.63) is 29.8 Å². The van der Waals surface area contributed by atoms with E-state index in [1.54, 1.807) is 0 Å². The molecule has 1 unspecified atom stereocenters. The zero-order chi connectivity index (χ0) is 13.7. The molecule has 0 aromatic heterocycles. The third-order valence-corrected chi connectivity index (χ3v) is 4.09. The molecule has 19 heavy (non-hydrogen) atoms. The fraction of sp³-hybridized carbons (Fsp3) is 0.625. The van der Waals surface area contributed by atoms with Crippen molar-refractivity contribution in [3.63, 3.8) is 0 Å². The number of piperazine rings is 1. The van der Waals surface area contributed by atoms with Gasteiger partial charge in [-0.3, -0.25) is 4.90 Å². The van der Waals surface area contributed by atoms with Crippen molar-refractivity contribution in [2.75, 3.05) is 37.6 Å². The molecule has 3 heteroatoms. The fourth-order valence-corrected chi connectivity index (χ4v) is 2.95. The van der Waals surface area contributed by atoms with Gasteiger partial charge in [0.05, 0.1) is 0 Å². The van der Waals surface area contributed by atoms with Crippen LogP contribution in [0, 0.1) is 6.92 Å². The first-order valence-corrected chi connectivity index (χ1v) is 7.50. The van der Waals surface area contributed by atoms with Gasteiger partial charge in [-0.25, -0.2) is 0 Å². The Balaban J connectivity index is 1.91. The zero-order valence-corrected chi connectivity index (χ0v) is 12.3. The number of nitrogens with zero attached hydrogens (tertiary/aromatic N) is 2. The lowest BCUT2D eigenvalue weighted by atomic mass is 10.1. The Kier molecular flexibility index (Phi) is 5.23. The Morgan fingerprint density at radius 1 is 1.21 bits per heavy atom. The summed E-state index contributed by atoms with van der Waals surface area (Å²) in [5.74, 6) is 0. The summed E-state index contributed by atoms with van der Waals surface area (Å²) in [6.07, 6.45) is 2.45. The molecule has 1 saturated heterocycles. The molecule has 0 saturated carbocycles. The zero-order valence-electron chi connectivity index (χ0n) is 12.3. The number of benzene rings is 1. The van der Waals surface area contributed by atoms with Gasteiger partial charge < -0.3 is 10.6 Å². The van der Waals surface area contributed by atoms with Gasteiger partial charge in [-0.05, 0) is 31.0 Å². The molecule has 1 fully saturated rings. The number of hydrogen-bond acceptors (Lipinski definition) is 3. The van der Waals surface area contributed by atoms with Crippen molar-refractivity contribution in [1.29, 1.82) is 0 Å². The van der Waals surface area contributed by atoms with Gasteiger partial charge in [0.25, 0.3) is 0 Å². The van der Waals surface area contributed by atoms with Crippen molar-refractivity contribution >= 4 is 5.69 Å². The van der Waals surface area contributed by atoms with Crippen LogP contribution in [0.2, 0.25) is 0 Å². The molecule has 0 bridgehead atoms. The van der Waals surface area contributed by atoms with Gasteiger partial charge >= 0.3 is 0 Å². The highest BCUT2D eigenvalue weighted by molar-refractivity contribution is 5.48. The monoisotopic (exact) mass is 261 g/mol. The van der Waals surface area contributed by atoms with Gasteiger partial charge in [0.2, 0.25) is 0 Å². The molecule has 2 N–H and O–H groups in total. The maximum atomic E-state index is 5.90. The Labute approximate surface area is 117 Å². The minimum absolute atomic E-state index is 0.574. The van der Waals surface area contributed by atoms with Crippen LogP contribution in [0.3, 0.4) is 0 Å². The summed E-state index contributed by atoms with van der Waals surface area (Å²) < 4.78 is 0. The second-order valence-electron chi connectivity index (χ2n) is 5.54. The third kappa shape index (κ3) is 3.71. The third-order valence-electron chi connectivity index (χ3n) is 4.09. The summed E-state index contributed by atoms with van der Waals surface area (Å²) in [4.78, 5) is 5.05. The molecule has 1 aliphatic heterocycles. The molecule has 2 rings (SSSR count). The molecule has 0 spiro atoms. The smallest absolute Gasteiger partial charge is 0.0369 e. The standard InChI is InChI=1S/C16H27N3/c1-3-5-16(13-17)19-10-8-18(9-11-19)15-7-4-6-14(2)12-15/h4,6-7,12,16H,3,5,8-11,13,17H2,1-2H3. The van der Waals surface area contributed by atoms with Gasteiger partial charge in [-0.1, -0.05) is 25.5 Å². The Hall–Kier alpha value is -1.06. The number of aryl methyl sites for hydroxylation is 1. The van der Waals surface area contributed by atoms with Crippen LogP contribution < -0.4 is 10.6 Å². The van der Waals surface area contributed by atoms with E-state index in [2.05, 4.69) is 47.9 Å². The van der Waals surface area contributed by atoms with Gasteiger partial charge in [0.15, 0.2) is 0 Å². The molecule has 3 nitrogen and oxygen atoms in total. The highest BCUT2D eigenvalue weighted by atomic mass is 15.3. The number of nitrogens with two attached hydrogens (primary N) is 1. The first kappa shape index (κ1) is 14.4. The molecule has 0 amide bonds. The summed E-state index contributed by atoms with van der Waals surface area (Å²) in [5, 5.41) is 0. The van der Waals surface area contributed by atoms with E-state index < -0.39 is 0 Å². The first-order valence-electron chi connectivity index (χ1n) is 7.50. The van der Waals surface area contributed by atoms with Gasteiger partial charge in [-0.2, -0.15) is 0 Å². The summed E-state index contributed by atoms with van der Waals surface area (Å²) in [6, 6.07) is 9.38. The predicted molar refractivity (Wildman–Crippen MR) is 82.7 cm³/mol. The molecular weight excluding hydrogens is 234 g/mol. The van der Waals surface area contributed by atoms with Crippen LogP contribution in [0.15, 0.2) is 24.3 Å². The second-order valence-corrected chi connectivity index (χ2v) is 5.54. The lowest BCUT2D eigenvalue weighted by molar-refractivity contribution is 0.179. The van der Waals surface area contributed by atoms with E-state index in [4.69, 9.17) is 5.73 Å². The summed E-state index contributed by atoms with van der Waals surface area (Å²) >= 11 is 0. The number of hydrogen-bond donors (Lipinski definition) is 1. The molecular formula is C16H27N3. The summed E-state index contributed by atoms with van der Waals surface area (Å²) in [7, 11) is 0. The molecule has 1 aromatic carbocycles. The van der Waals surface area contributed by atoms with E-state index in [1.165, 1.54) is 24.1 Å². The second kappa shape index (κ2) is 6.92. The predicted octanol–water partition coefficient (Wildman–Crippen LogP) is 2.24. The van der Waals surface area contributed by atoms with Gasteiger partial charge in [-0.15, -0.1) is 0 Å². The topological polar surface area (TPSA) is 32.5 Å². The highest BCUT2D eigenvalue weighted by Crippen LogP contribution is 2.19. The number of rotatable bonds is 5. The van der Waals surface area contributed by atoms with Crippen molar-refractivity contribution in [2.45, 2.75) is 32.7 Å². The maximum Gasteiger partial charge on any atom is 0.0369 e. The Morgan fingerprint density at radius 3 is 2.53 bits per heavy atom. The van der Waals surface area contributed by atoms with E-state index >= 15 is 0 Å². The quantitative estimate of drug-likeness (QED) is 0.882. The highest BCUT2D eigenvalue weighted by Gasteiger charge is 2.22. The Bertz CT molecular complexity index is 383. The minimum Gasteiger partial charge on any atom is -0.369 e. The van der Waals surface area contributed by atoms with Crippen molar-refractivity contribution in [1.82, 2.24) is 4.90 Å². The molecule has 106 valence electrons. The molecule has 1 atom stereocenters. The largest absolute Gasteiger partial charge is 0.369 e. The average molecular weight is 261 g/mol. The van der Waals surface area contributed by atoms with Gasteiger partial charge in [0.1, 0.15) is 0 Å². The van der Waals surface area contributed by atoms with Crippen molar-refractivity contribution < 1.29 is 0 Å². The van der Waals surface area contributed by atoms with E-state index in [0.717, 1.165) is 32.7 Å². The molecule has 0 radical (unpaired) electrons. The molecule has 1 aromatic rings. The van der Waals surface area contributed by atoms with Crippen LogP contribution in [-0.4, -0.2) is 43.7 Å². The minimum atomic E-state index is 0.574. The van der Waals surface area contributed by atoms with Crippen molar-refractivity contribution in [2.24, 2.45) is 5.73 Å². The van der Waals surface area contributed by atoms with Crippen molar-refractivity contribution in [3.8, 4) is 0 Å². The van der Waals surface area contributed by atoms with E-state index in [9.17, 15) is 0 Å². The number of anilines is 1. The van der Waals surface area contributed by atoms with Crippen LogP contribution in [0.25, 0.3) is 0 Å². The molecule has 1 aliphatic rings. The average Bonchev–Trinajstić information content (AvgIpc) is 2.45. The normalized spacial score (nSPS) is 18.6. The van der Waals surface area contributed by atoms with E-state index in [0.29, 0.717) is 6.04 Å². The van der Waals surface area contributed by atoms with E-state index in [-0.39, 0.29) is 0 Å². The van der Waals surface area contributed by atoms with Crippen LogP contribution in [0.1, 0.15) is 25.3 Å². The first-order chi connectivity index (χ1) is 9.24. The van der Waals surface area contributed by atoms with Crippen LogP contribution in [0.5, 0.6) is 0 Å². The van der Waals surface area contributed by atoms with Crippen LogP contribution in [0.4, 0.5) is 5.69 Å². The lowest BCUT2D eigenvalue weighted by Gasteiger charge is -2.40. The van der Waals surface area contributed by atoms with Crippen LogP contribution >= 0.6 is 0 Å². The van der Waals surface area contributed by atoms with Crippen LogP contribution in [-0.2, 0) is 0 Å². The summed E-state index contributed by atoms with van der Waals surface area (Å²) in [6.45, 7) is 9.69. The Morgan fingerprint density at radius 2 is 1.95 bits per heavy atom. The van der Waals surface area contributed by atoms with E-state index in [1.807, 2.05) is 0 Å². The van der Waals surface area contributed by atoms with Gasteiger partial charge in [0, 0.05) is 44.5 Å². The fourth-order valence-electron chi connectivity index (χ4n) is 2.95. The summed E-state index contributed by atoms with van der Waals surface area (Å²) in [5.41, 5.74) is 8.60. The molecule has 0 aliphatic carbocycles.